The fraction of sp³-hybridized carbons (Fsp3) is 0.273. The number of aromatic nitrogens is 1. The summed E-state index contributed by atoms with van der Waals surface area (Å²) in [5.41, 5.74) is 1.79. The number of pyridine rings is 1. The Morgan fingerprint density at radius 3 is 2.82 bits per heavy atom. The van der Waals surface area contributed by atoms with Crippen LogP contribution < -0.4 is 5.32 Å². The van der Waals surface area contributed by atoms with E-state index < -0.39 is 30.7 Å². The Labute approximate surface area is 185 Å². The van der Waals surface area contributed by atoms with Crippen molar-refractivity contribution in [3.63, 3.8) is 0 Å². The van der Waals surface area contributed by atoms with E-state index in [0.717, 1.165) is 10.5 Å². The summed E-state index contributed by atoms with van der Waals surface area (Å²) in [6, 6.07) is 5.55. The fourth-order valence-corrected chi connectivity index (χ4v) is 3.55. The van der Waals surface area contributed by atoms with Crippen molar-refractivity contribution in [2.45, 2.75) is 26.1 Å². The highest BCUT2D eigenvalue weighted by Gasteiger charge is 2.31. The van der Waals surface area contributed by atoms with Crippen LogP contribution in [0, 0.1) is 6.92 Å². The van der Waals surface area contributed by atoms with E-state index in [2.05, 4.69) is 15.0 Å². The Bertz CT molecular complexity index is 1250. The minimum Gasteiger partial charge on any atom is -0.458 e. The number of nitrogens with zero attached hydrogens (tertiary/aromatic N) is 2. The van der Waals surface area contributed by atoms with Gasteiger partial charge in [-0.1, -0.05) is 6.07 Å². The lowest BCUT2D eigenvalue weighted by atomic mass is 10.0. The number of nitrogens with one attached hydrogen (secondary N) is 1. The monoisotopic (exact) mass is 461 g/mol. The van der Waals surface area contributed by atoms with Crippen LogP contribution in [0.15, 0.2) is 41.1 Å². The molecule has 4 rings (SSSR count). The molecule has 0 aliphatic carbocycles. The normalized spacial score (nSPS) is 13.7. The van der Waals surface area contributed by atoms with Crippen LogP contribution in [-0.4, -0.2) is 47.1 Å². The van der Waals surface area contributed by atoms with Gasteiger partial charge in [0.2, 0.25) is 0 Å². The molecule has 33 heavy (non-hydrogen) atoms. The first-order chi connectivity index (χ1) is 15.6. The smallest absolute Gasteiger partial charge is 0.422 e. The third kappa shape index (κ3) is 4.66. The minimum absolute atomic E-state index is 0.0560. The first-order valence-corrected chi connectivity index (χ1v) is 9.92. The number of rotatable bonds is 4. The van der Waals surface area contributed by atoms with Crippen molar-refractivity contribution in [2.75, 3.05) is 13.2 Å². The number of imide groups is 1. The SMILES string of the molecule is Cc1ccc(C(=O)OCC(F)(F)F)c2oc(CNC(=O)N3CCc4ccncc4C3=O)cc12. The molecule has 1 aromatic carbocycles. The standard InChI is InChI=1S/C22H18F3N3O5/c1-12-2-3-15(20(30)32-11-22(23,24)25)18-16(12)8-14(33-18)9-27-21(31)28-7-5-13-4-6-26-10-17(13)19(28)29/h2-4,6,8,10H,5,7,9,11H2,1H3,(H,27,31). The number of carbonyl (C=O) groups excluding carboxylic acids is 3. The number of aryl methyl sites for hydroxylation is 1. The van der Waals surface area contributed by atoms with E-state index in [9.17, 15) is 27.6 Å². The number of esters is 1. The van der Waals surface area contributed by atoms with Crippen molar-refractivity contribution in [1.29, 1.82) is 0 Å². The Balaban J connectivity index is 1.48. The highest BCUT2D eigenvalue weighted by atomic mass is 19.4. The molecule has 172 valence electrons. The number of hydrogen-bond donors (Lipinski definition) is 1. The molecule has 0 saturated heterocycles. The van der Waals surface area contributed by atoms with E-state index in [4.69, 9.17) is 4.42 Å². The Morgan fingerprint density at radius 2 is 2.06 bits per heavy atom. The zero-order valence-electron chi connectivity index (χ0n) is 17.4. The third-order valence-corrected chi connectivity index (χ3v) is 5.19. The molecular weight excluding hydrogens is 443 g/mol. The van der Waals surface area contributed by atoms with E-state index in [0.29, 0.717) is 22.9 Å². The molecule has 0 spiro atoms. The summed E-state index contributed by atoms with van der Waals surface area (Å²) >= 11 is 0. The van der Waals surface area contributed by atoms with Crippen molar-refractivity contribution in [1.82, 2.24) is 15.2 Å². The van der Waals surface area contributed by atoms with Crippen molar-refractivity contribution >= 4 is 28.9 Å². The molecular formula is C22H18F3N3O5. The molecule has 1 N–H and O–H groups in total. The molecule has 3 amide bonds. The van der Waals surface area contributed by atoms with Crippen LogP contribution in [0.2, 0.25) is 0 Å². The van der Waals surface area contributed by atoms with Gasteiger partial charge in [0.05, 0.1) is 12.1 Å². The second-order valence-electron chi connectivity index (χ2n) is 7.48. The van der Waals surface area contributed by atoms with Crippen molar-refractivity contribution in [2.24, 2.45) is 0 Å². The number of benzene rings is 1. The number of urea groups is 1. The fourth-order valence-electron chi connectivity index (χ4n) is 3.55. The molecule has 0 unspecified atom stereocenters. The van der Waals surface area contributed by atoms with Crippen LogP contribution >= 0.6 is 0 Å². The topological polar surface area (TPSA) is 102 Å². The Morgan fingerprint density at radius 1 is 1.27 bits per heavy atom. The van der Waals surface area contributed by atoms with E-state index in [1.54, 1.807) is 31.3 Å². The lowest BCUT2D eigenvalue weighted by Gasteiger charge is -2.26. The predicted octanol–water partition coefficient (Wildman–Crippen LogP) is 3.76. The van der Waals surface area contributed by atoms with Crippen molar-refractivity contribution < 1.29 is 36.7 Å². The molecule has 3 aromatic rings. The summed E-state index contributed by atoms with van der Waals surface area (Å²) in [5.74, 6) is -1.38. The van der Waals surface area contributed by atoms with Crippen molar-refractivity contribution in [3.8, 4) is 0 Å². The Hall–Kier alpha value is -3.89. The maximum absolute atomic E-state index is 12.6. The molecule has 1 aliphatic rings. The summed E-state index contributed by atoms with van der Waals surface area (Å²) in [6.45, 7) is 0.125. The van der Waals surface area contributed by atoms with Crippen LogP contribution in [0.25, 0.3) is 11.0 Å². The second-order valence-corrected chi connectivity index (χ2v) is 7.48. The molecule has 11 heteroatoms. The van der Waals surface area contributed by atoms with E-state index in [1.165, 1.54) is 12.3 Å². The summed E-state index contributed by atoms with van der Waals surface area (Å²) in [5, 5.41) is 3.09. The van der Waals surface area contributed by atoms with E-state index in [-0.39, 0.29) is 30.0 Å². The van der Waals surface area contributed by atoms with Gasteiger partial charge < -0.3 is 14.5 Å². The van der Waals surface area contributed by atoms with Crippen LogP contribution in [0.3, 0.4) is 0 Å². The summed E-state index contributed by atoms with van der Waals surface area (Å²) < 4.78 is 47.1. The van der Waals surface area contributed by atoms with Gasteiger partial charge in [0, 0.05) is 24.3 Å². The first-order valence-electron chi connectivity index (χ1n) is 9.92. The number of carbonyl (C=O) groups is 3. The molecule has 1 aliphatic heterocycles. The average Bonchev–Trinajstić information content (AvgIpc) is 3.21. The van der Waals surface area contributed by atoms with Gasteiger partial charge in [-0.2, -0.15) is 13.2 Å². The summed E-state index contributed by atoms with van der Waals surface area (Å²) in [6.07, 6.45) is -1.15. The number of hydrogen-bond acceptors (Lipinski definition) is 6. The molecule has 0 fully saturated rings. The summed E-state index contributed by atoms with van der Waals surface area (Å²) in [4.78, 5) is 42.3. The van der Waals surface area contributed by atoms with Crippen LogP contribution in [0.1, 0.15) is 37.6 Å². The molecule has 0 atom stereocenters. The minimum atomic E-state index is -4.65. The van der Waals surface area contributed by atoms with Gasteiger partial charge in [-0.05, 0) is 42.7 Å². The third-order valence-electron chi connectivity index (χ3n) is 5.19. The summed E-state index contributed by atoms with van der Waals surface area (Å²) in [7, 11) is 0. The Kier molecular flexibility index (Phi) is 5.79. The molecule has 0 radical (unpaired) electrons. The lowest BCUT2D eigenvalue weighted by Crippen LogP contribution is -2.47. The molecule has 0 bridgehead atoms. The van der Waals surface area contributed by atoms with Gasteiger partial charge in [-0.15, -0.1) is 0 Å². The van der Waals surface area contributed by atoms with Crippen LogP contribution in [0.5, 0.6) is 0 Å². The number of alkyl halides is 3. The predicted molar refractivity (Wildman–Crippen MR) is 109 cm³/mol. The van der Waals surface area contributed by atoms with Gasteiger partial charge in [0.1, 0.15) is 16.9 Å². The number of amides is 3. The average molecular weight is 461 g/mol. The molecule has 8 nitrogen and oxygen atoms in total. The maximum Gasteiger partial charge on any atom is 0.422 e. The number of fused-ring (bicyclic) bond motifs is 2. The van der Waals surface area contributed by atoms with E-state index >= 15 is 0 Å². The van der Waals surface area contributed by atoms with Gasteiger partial charge in [-0.25, -0.2) is 9.59 Å². The van der Waals surface area contributed by atoms with Gasteiger partial charge in [0.25, 0.3) is 5.91 Å². The van der Waals surface area contributed by atoms with Gasteiger partial charge >= 0.3 is 18.2 Å². The number of ether oxygens (including phenoxy) is 1. The quantitative estimate of drug-likeness (QED) is 0.594. The number of halogens is 3. The van der Waals surface area contributed by atoms with Gasteiger partial charge in [-0.3, -0.25) is 14.7 Å². The molecule has 3 heterocycles. The number of furan rings is 1. The van der Waals surface area contributed by atoms with Crippen LogP contribution in [-0.2, 0) is 17.7 Å². The largest absolute Gasteiger partial charge is 0.458 e. The molecule has 2 aromatic heterocycles. The zero-order chi connectivity index (χ0) is 23.8. The highest BCUT2D eigenvalue weighted by molar-refractivity contribution is 6.06. The van der Waals surface area contributed by atoms with Gasteiger partial charge in [0.15, 0.2) is 6.61 Å². The van der Waals surface area contributed by atoms with Crippen molar-refractivity contribution in [3.05, 3.63) is 64.7 Å². The second kappa shape index (κ2) is 8.57. The van der Waals surface area contributed by atoms with E-state index in [1.807, 2.05) is 0 Å². The first kappa shape index (κ1) is 22.3. The van der Waals surface area contributed by atoms with Crippen LogP contribution in [0.4, 0.5) is 18.0 Å². The lowest BCUT2D eigenvalue weighted by molar-refractivity contribution is -0.161. The molecule has 0 saturated carbocycles. The zero-order valence-corrected chi connectivity index (χ0v) is 17.4. The maximum atomic E-state index is 12.6. The highest BCUT2D eigenvalue weighted by Crippen LogP contribution is 2.28.